The predicted octanol–water partition coefficient (Wildman–Crippen LogP) is 3.77. The van der Waals surface area contributed by atoms with E-state index in [-0.39, 0.29) is 5.91 Å². The molecule has 0 saturated carbocycles. The molecule has 0 radical (unpaired) electrons. The Hall–Kier alpha value is -2.35. The maximum atomic E-state index is 13.3. The Morgan fingerprint density at radius 3 is 2.43 bits per heavy atom. The van der Waals surface area contributed by atoms with Crippen LogP contribution in [0.15, 0.2) is 42.7 Å². The van der Waals surface area contributed by atoms with Gasteiger partial charge in [0.1, 0.15) is 4.88 Å². The van der Waals surface area contributed by atoms with E-state index in [1.807, 2.05) is 50.2 Å². The van der Waals surface area contributed by atoms with Crippen LogP contribution in [0.1, 0.15) is 20.9 Å². The Bertz CT molecular complexity index is 928. The summed E-state index contributed by atoms with van der Waals surface area (Å²) in [5, 5.41) is 1.33. The molecular formula is C20H22ClN5OS. The van der Waals surface area contributed by atoms with Crippen molar-refractivity contribution in [3.8, 4) is 10.8 Å². The fourth-order valence-electron chi connectivity index (χ4n) is 2.63. The van der Waals surface area contributed by atoms with Gasteiger partial charge in [0, 0.05) is 37.1 Å². The Kier molecular flexibility index (Phi) is 6.72. The van der Waals surface area contributed by atoms with E-state index in [1.54, 1.807) is 18.5 Å². The SMILES string of the molecule is Cc1nc(-c2ncccn2)sc1C(=O)N(CCN(C)C)Cc1ccc(Cl)cc1. The van der Waals surface area contributed by atoms with Gasteiger partial charge in [0.2, 0.25) is 0 Å². The average molecular weight is 416 g/mol. The Morgan fingerprint density at radius 2 is 1.79 bits per heavy atom. The molecule has 1 aromatic carbocycles. The van der Waals surface area contributed by atoms with Crippen molar-refractivity contribution in [2.45, 2.75) is 13.5 Å². The summed E-state index contributed by atoms with van der Waals surface area (Å²) >= 11 is 7.32. The van der Waals surface area contributed by atoms with E-state index < -0.39 is 0 Å². The lowest BCUT2D eigenvalue weighted by Crippen LogP contribution is -2.36. The molecule has 0 aliphatic heterocycles. The molecule has 0 unspecified atom stereocenters. The number of nitrogens with zero attached hydrogens (tertiary/aromatic N) is 5. The molecule has 8 heteroatoms. The fraction of sp³-hybridized carbons (Fsp3) is 0.300. The highest BCUT2D eigenvalue weighted by molar-refractivity contribution is 7.17. The maximum absolute atomic E-state index is 13.3. The molecule has 0 atom stereocenters. The second-order valence-corrected chi connectivity index (χ2v) is 8.10. The molecule has 0 aliphatic carbocycles. The van der Waals surface area contributed by atoms with E-state index >= 15 is 0 Å². The number of rotatable bonds is 7. The lowest BCUT2D eigenvalue weighted by Gasteiger charge is -2.24. The van der Waals surface area contributed by atoms with Crippen LogP contribution in [-0.2, 0) is 6.54 Å². The molecule has 146 valence electrons. The number of carbonyl (C=O) groups is 1. The van der Waals surface area contributed by atoms with Crippen LogP contribution in [0, 0.1) is 6.92 Å². The fourth-order valence-corrected chi connectivity index (χ4v) is 3.74. The zero-order chi connectivity index (χ0) is 20.1. The predicted molar refractivity (Wildman–Crippen MR) is 113 cm³/mol. The molecule has 2 heterocycles. The third-order valence-corrected chi connectivity index (χ3v) is 5.53. The van der Waals surface area contributed by atoms with Crippen LogP contribution < -0.4 is 0 Å². The lowest BCUT2D eigenvalue weighted by atomic mass is 10.2. The van der Waals surface area contributed by atoms with Crippen molar-refractivity contribution >= 4 is 28.8 Å². The number of amides is 1. The summed E-state index contributed by atoms with van der Waals surface area (Å²) in [4.78, 5) is 30.8. The van der Waals surface area contributed by atoms with Crippen molar-refractivity contribution in [2.75, 3.05) is 27.2 Å². The van der Waals surface area contributed by atoms with Gasteiger partial charge in [-0.15, -0.1) is 11.3 Å². The Morgan fingerprint density at radius 1 is 1.11 bits per heavy atom. The number of likely N-dealkylation sites (N-methyl/N-ethyl adjacent to an activating group) is 1. The molecule has 28 heavy (non-hydrogen) atoms. The number of aryl methyl sites for hydroxylation is 1. The van der Waals surface area contributed by atoms with Gasteiger partial charge in [-0.2, -0.15) is 0 Å². The van der Waals surface area contributed by atoms with Gasteiger partial charge in [0.05, 0.1) is 5.69 Å². The summed E-state index contributed by atoms with van der Waals surface area (Å²) in [6, 6.07) is 9.33. The second-order valence-electron chi connectivity index (χ2n) is 6.66. The normalized spacial score (nSPS) is 11.0. The minimum absolute atomic E-state index is 0.0334. The third-order valence-electron chi connectivity index (χ3n) is 4.14. The molecule has 0 spiro atoms. The summed E-state index contributed by atoms with van der Waals surface area (Å²) in [7, 11) is 3.99. The van der Waals surface area contributed by atoms with Crippen molar-refractivity contribution in [3.63, 3.8) is 0 Å². The molecule has 0 aliphatic rings. The summed E-state index contributed by atoms with van der Waals surface area (Å²) < 4.78 is 0. The van der Waals surface area contributed by atoms with Crippen molar-refractivity contribution in [1.29, 1.82) is 0 Å². The van der Waals surface area contributed by atoms with Gasteiger partial charge in [-0.1, -0.05) is 23.7 Å². The Balaban J connectivity index is 1.85. The molecule has 0 saturated heterocycles. The summed E-state index contributed by atoms with van der Waals surface area (Å²) in [6.45, 7) is 3.75. The van der Waals surface area contributed by atoms with Crippen LogP contribution >= 0.6 is 22.9 Å². The zero-order valence-corrected chi connectivity index (χ0v) is 17.7. The van der Waals surface area contributed by atoms with Crippen LogP contribution in [0.25, 0.3) is 10.8 Å². The first-order valence-corrected chi connectivity index (χ1v) is 10.1. The van der Waals surface area contributed by atoms with Crippen LogP contribution in [0.3, 0.4) is 0 Å². The van der Waals surface area contributed by atoms with Gasteiger partial charge in [-0.25, -0.2) is 15.0 Å². The highest BCUT2D eigenvalue weighted by atomic mass is 35.5. The van der Waals surface area contributed by atoms with Crippen molar-refractivity contribution < 1.29 is 4.79 Å². The summed E-state index contributed by atoms with van der Waals surface area (Å²) in [6.07, 6.45) is 3.34. The second kappa shape index (κ2) is 9.23. The minimum atomic E-state index is -0.0334. The van der Waals surface area contributed by atoms with Crippen LogP contribution in [-0.4, -0.2) is 57.8 Å². The van der Waals surface area contributed by atoms with Gasteiger partial charge in [0.15, 0.2) is 10.8 Å². The van der Waals surface area contributed by atoms with Crippen molar-refractivity contribution in [3.05, 3.63) is 63.9 Å². The van der Waals surface area contributed by atoms with Crippen LogP contribution in [0.2, 0.25) is 5.02 Å². The highest BCUT2D eigenvalue weighted by Gasteiger charge is 2.23. The van der Waals surface area contributed by atoms with Crippen molar-refractivity contribution in [1.82, 2.24) is 24.8 Å². The summed E-state index contributed by atoms with van der Waals surface area (Å²) in [5.41, 5.74) is 1.73. The molecule has 3 rings (SSSR count). The van der Waals surface area contributed by atoms with Gasteiger partial charge in [-0.05, 0) is 44.8 Å². The zero-order valence-electron chi connectivity index (χ0n) is 16.1. The van der Waals surface area contributed by atoms with Gasteiger partial charge >= 0.3 is 0 Å². The quantitative estimate of drug-likeness (QED) is 0.587. The molecule has 1 amide bonds. The Labute approximate surface area is 173 Å². The van der Waals surface area contributed by atoms with E-state index in [1.165, 1.54) is 11.3 Å². The summed E-state index contributed by atoms with van der Waals surface area (Å²) in [5.74, 6) is 0.501. The van der Waals surface area contributed by atoms with E-state index in [0.29, 0.717) is 39.5 Å². The van der Waals surface area contributed by atoms with E-state index in [2.05, 4.69) is 19.9 Å². The maximum Gasteiger partial charge on any atom is 0.266 e. The monoisotopic (exact) mass is 415 g/mol. The largest absolute Gasteiger partial charge is 0.332 e. The number of aromatic nitrogens is 3. The number of carbonyl (C=O) groups excluding carboxylic acids is 1. The third kappa shape index (κ3) is 5.13. The van der Waals surface area contributed by atoms with E-state index in [9.17, 15) is 4.79 Å². The first-order chi connectivity index (χ1) is 13.4. The van der Waals surface area contributed by atoms with Crippen LogP contribution in [0.5, 0.6) is 0 Å². The number of thiazole rings is 1. The standard InChI is InChI=1S/C20H22ClN5OS/c1-14-17(28-19(24-14)18-22-9-4-10-23-18)20(27)26(12-11-25(2)3)13-15-5-7-16(21)8-6-15/h4-10H,11-13H2,1-3H3. The number of halogens is 1. The molecule has 3 aromatic rings. The smallest absolute Gasteiger partial charge is 0.266 e. The first-order valence-electron chi connectivity index (χ1n) is 8.87. The van der Waals surface area contributed by atoms with E-state index in [0.717, 1.165) is 12.1 Å². The molecule has 0 N–H and O–H groups in total. The van der Waals surface area contributed by atoms with Gasteiger partial charge in [-0.3, -0.25) is 4.79 Å². The van der Waals surface area contributed by atoms with Crippen molar-refractivity contribution in [2.24, 2.45) is 0 Å². The number of hydrogen-bond acceptors (Lipinski definition) is 6. The van der Waals surface area contributed by atoms with Crippen LogP contribution in [0.4, 0.5) is 0 Å². The first kappa shape index (κ1) is 20.4. The highest BCUT2D eigenvalue weighted by Crippen LogP contribution is 2.27. The molecule has 6 nitrogen and oxygen atoms in total. The minimum Gasteiger partial charge on any atom is -0.332 e. The molecule has 0 bridgehead atoms. The van der Waals surface area contributed by atoms with Gasteiger partial charge in [0.25, 0.3) is 5.91 Å². The number of hydrogen-bond donors (Lipinski definition) is 0. The van der Waals surface area contributed by atoms with Gasteiger partial charge < -0.3 is 9.80 Å². The number of benzene rings is 1. The molecule has 0 fully saturated rings. The topological polar surface area (TPSA) is 62.2 Å². The lowest BCUT2D eigenvalue weighted by molar-refractivity contribution is 0.0736. The molecule has 2 aromatic heterocycles. The van der Waals surface area contributed by atoms with E-state index in [4.69, 9.17) is 11.6 Å². The average Bonchev–Trinajstić information content (AvgIpc) is 3.08. The molecular weight excluding hydrogens is 394 g/mol.